The molecule has 5 N–H and O–H groups in total. The van der Waals surface area contributed by atoms with E-state index in [1.165, 1.54) is 0 Å². The summed E-state index contributed by atoms with van der Waals surface area (Å²) < 4.78 is 21.5. The third-order valence-electron chi connectivity index (χ3n) is 3.39. The van der Waals surface area contributed by atoms with Crippen LogP contribution in [0.2, 0.25) is 0 Å². The quantitative estimate of drug-likeness (QED) is 0.540. The van der Waals surface area contributed by atoms with Gasteiger partial charge in [-0.3, -0.25) is 4.79 Å². The van der Waals surface area contributed by atoms with Gasteiger partial charge in [0.2, 0.25) is 15.9 Å². The van der Waals surface area contributed by atoms with Crippen molar-refractivity contribution in [1.82, 2.24) is 5.32 Å². The Morgan fingerprint density at radius 2 is 1.85 bits per heavy atom. The molecule has 0 saturated carbocycles. The van der Waals surface area contributed by atoms with E-state index in [1.807, 2.05) is 0 Å². The van der Waals surface area contributed by atoms with Crippen LogP contribution < -0.4 is 16.2 Å². The maximum atomic E-state index is 11.7. The van der Waals surface area contributed by atoms with Gasteiger partial charge in [0, 0.05) is 13.0 Å². The molecule has 0 spiro atoms. The normalized spacial score (nSPS) is 14.1. The summed E-state index contributed by atoms with van der Waals surface area (Å²) in [6, 6.07) is 0. The zero-order valence-corrected chi connectivity index (χ0v) is 13.6. The number of nitrogens with two attached hydrogens (primary N) is 2. The Morgan fingerprint density at radius 1 is 1.25 bits per heavy atom. The number of hydrogen-bond acceptors (Lipinski definition) is 4. The molecule has 0 fully saturated rings. The smallest absolute Gasteiger partial charge is 0.220 e. The SMILES string of the molecule is CC(C)(C)C(CCN)CCC(=O)NCCCS(N)(=O)=O. The van der Waals surface area contributed by atoms with E-state index in [-0.39, 0.29) is 17.1 Å². The fourth-order valence-electron chi connectivity index (χ4n) is 2.11. The molecule has 1 unspecified atom stereocenters. The van der Waals surface area contributed by atoms with Crippen LogP contribution in [-0.4, -0.2) is 33.2 Å². The molecule has 0 aromatic heterocycles. The van der Waals surface area contributed by atoms with Crippen molar-refractivity contribution in [1.29, 1.82) is 0 Å². The maximum absolute atomic E-state index is 11.7. The highest BCUT2D eigenvalue weighted by Gasteiger charge is 2.24. The molecule has 0 aliphatic heterocycles. The van der Waals surface area contributed by atoms with Gasteiger partial charge in [0.15, 0.2) is 0 Å². The Hall–Kier alpha value is -0.660. The minimum Gasteiger partial charge on any atom is -0.356 e. The molecule has 0 aromatic carbocycles. The molecule has 1 amide bonds. The number of hydrogen-bond donors (Lipinski definition) is 3. The summed E-state index contributed by atoms with van der Waals surface area (Å²) in [6.07, 6.45) is 2.48. The van der Waals surface area contributed by atoms with Crippen LogP contribution in [0.5, 0.6) is 0 Å². The molecule has 0 aliphatic rings. The van der Waals surface area contributed by atoms with Crippen molar-refractivity contribution in [2.75, 3.05) is 18.8 Å². The molecule has 7 heteroatoms. The first-order chi connectivity index (χ1) is 9.06. The highest BCUT2D eigenvalue weighted by molar-refractivity contribution is 7.89. The number of rotatable bonds is 9. The standard InChI is InChI=1S/C13H29N3O3S/c1-13(2,3)11(7-8-14)5-6-12(17)16-9-4-10-20(15,18)19/h11H,4-10,14H2,1-3H3,(H,16,17)(H2,15,18,19). The van der Waals surface area contributed by atoms with Gasteiger partial charge in [-0.15, -0.1) is 0 Å². The van der Waals surface area contributed by atoms with E-state index in [0.717, 1.165) is 12.8 Å². The minimum absolute atomic E-state index is 0.0503. The van der Waals surface area contributed by atoms with Gasteiger partial charge in [-0.25, -0.2) is 13.6 Å². The second-order valence-electron chi connectivity index (χ2n) is 6.25. The number of amides is 1. The summed E-state index contributed by atoms with van der Waals surface area (Å²) in [5, 5.41) is 7.59. The van der Waals surface area contributed by atoms with E-state index >= 15 is 0 Å². The first kappa shape index (κ1) is 19.3. The van der Waals surface area contributed by atoms with Crippen molar-refractivity contribution in [2.24, 2.45) is 22.2 Å². The van der Waals surface area contributed by atoms with Gasteiger partial charge >= 0.3 is 0 Å². The second-order valence-corrected chi connectivity index (χ2v) is 7.98. The molecule has 20 heavy (non-hydrogen) atoms. The monoisotopic (exact) mass is 307 g/mol. The summed E-state index contributed by atoms with van der Waals surface area (Å²) >= 11 is 0. The van der Waals surface area contributed by atoms with Crippen molar-refractivity contribution in [2.45, 2.75) is 46.5 Å². The largest absolute Gasteiger partial charge is 0.356 e. The van der Waals surface area contributed by atoms with Gasteiger partial charge in [0.25, 0.3) is 0 Å². The van der Waals surface area contributed by atoms with Crippen LogP contribution >= 0.6 is 0 Å². The van der Waals surface area contributed by atoms with E-state index in [2.05, 4.69) is 26.1 Å². The van der Waals surface area contributed by atoms with Gasteiger partial charge in [-0.2, -0.15) is 0 Å². The highest BCUT2D eigenvalue weighted by Crippen LogP contribution is 2.31. The van der Waals surface area contributed by atoms with E-state index in [9.17, 15) is 13.2 Å². The number of sulfonamides is 1. The molecule has 0 rings (SSSR count). The highest BCUT2D eigenvalue weighted by atomic mass is 32.2. The zero-order chi connectivity index (χ0) is 15.8. The molecule has 0 radical (unpaired) electrons. The molecule has 6 nitrogen and oxygen atoms in total. The van der Waals surface area contributed by atoms with Gasteiger partial charge < -0.3 is 11.1 Å². The minimum atomic E-state index is -3.44. The summed E-state index contributed by atoms with van der Waals surface area (Å²) in [7, 11) is -3.44. The van der Waals surface area contributed by atoms with Crippen molar-refractivity contribution < 1.29 is 13.2 Å². The lowest BCUT2D eigenvalue weighted by atomic mass is 9.76. The van der Waals surface area contributed by atoms with E-state index < -0.39 is 10.0 Å². The van der Waals surface area contributed by atoms with Crippen molar-refractivity contribution in [3.63, 3.8) is 0 Å². The van der Waals surface area contributed by atoms with Crippen LogP contribution in [0.1, 0.15) is 46.5 Å². The summed E-state index contributed by atoms with van der Waals surface area (Å²) in [5.41, 5.74) is 5.73. The van der Waals surface area contributed by atoms with Crippen LogP contribution in [0.4, 0.5) is 0 Å². The van der Waals surface area contributed by atoms with E-state index in [1.54, 1.807) is 0 Å². The molecule has 1 atom stereocenters. The Bertz CT molecular complexity index is 388. The van der Waals surface area contributed by atoms with Crippen LogP contribution in [0.25, 0.3) is 0 Å². The van der Waals surface area contributed by atoms with Gasteiger partial charge in [0.1, 0.15) is 0 Å². The van der Waals surface area contributed by atoms with Gasteiger partial charge in [-0.05, 0) is 37.1 Å². The topological polar surface area (TPSA) is 115 Å². The fourth-order valence-corrected chi connectivity index (χ4v) is 2.65. The summed E-state index contributed by atoms with van der Waals surface area (Å²) in [6.45, 7) is 7.41. The lowest BCUT2D eigenvalue weighted by Gasteiger charge is -2.30. The molecule has 0 aromatic rings. The van der Waals surface area contributed by atoms with Crippen molar-refractivity contribution in [3.8, 4) is 0 Å². The second kappa shape index (κ2) is 8.59. The number of carbonyl (C=O) groups is 1. The third-order valence-corrected chi connectivity index (χ3v) is 4.25. The number of primary sulfonamides is 1. The Morgan fingerprint density at radius 3 is 2.30 bits per heavy atom. The predicted octanol–water partition coefficient (Wildman–Crippen LogP) is 0.573. The molecular formula is C13H29N3O3S. The van der Waals surface area contributed by atoms with Crippen molar-refractivity contribution in [3.05, 3.63) is 0 Å². The number of carbonyl (C=O) groups excluding carboxylic acids is 1. The predicted molar refractivity (Wildman–Crippen MR) is 81.5 cm³/mol. The average Bonchev–Trinajstić information content (AvgIpc) is 2.27. The fraction of sp³-hybridized carbons (Fsp3) is 0.923. The van der Waals surface area contributed by atoms with Gasteiger partial charge in [0.05, 0.1) is 5.75 Å². The lowest BCUT2D eigenvalue weighted by molar-refractivity contribution is -0.121. The van der Waals surface area contributed by atoms with Crippen molar-refractivity contribution >= 4 is 15.9 Å². The van der Waals surface area contributed by atoms with E-state index in [0.29, 0.717) is 31.8 Å². The van der Waals surface area contributed by atoms with Crippen LogP contribution in [-0.2, 0) is 14.8 Å². The zero-order valence-electron chi connectivity index (χ0n) is 12.8. The lowest BCUT2D eigenvalue weighted by Crippen LogP contribution is -2.29. The molecular weight excluding hydrogens is 278 g/mol. The summed E-state index contributed by atoms with van der Waals surface area (Å²) in [4.78, 5) is 11.7. The van der Waals surface area contributed by atoms with Gasteiger partial charge in [-0.1, -0.05) is 20.8 Å². The molecule has 0 saturated heterocycles. The van der Waals surface area contributed by atoms with Crippen LogP contribution in [0.3, 0.4) is 0 Å². The molecule has 0 heterocycles. The Kier molecular flexibility index (Phi) is 8.30. The molecule has 0 aliphatic carbocycles. The van der Waals surface area contributed by atoms with Crippen LogP contribution in [0, 0.1) is 11.3 Å². The maximum Gasteiger partial charge on any atom is 0.220 e. The summed E-state index contributed by atoms with van der Waals surface area (Å²) in [5.74, 6) is 0.249. The van der Waals surface area contributed by atoms with E-state index in [4.69, 9.17) is 10.9 Å². The molecule has 120 valence electrons. The first-order valence-electron chi connectivity index (χ1n) is 7.03. The number of nitrogens with one attached hydrogen (secondary N) is 1. The third kappa shape index (κ3) is 10.2. The average molecular weight is 307 g/mol. The van der Waals surface area contributed by atoms with Crippen LogP contribution in [0.15, 0.2) is 0 Å². The first-order valence-corrected chi connectivity index (χ1v) is 8.75. The Labute approximate surface area is 122 Å². The Balaban J connectivity index is 3.97. The molecule has 0 bridgehead atoms.